The zero-order valence-electron chi connectivity index (χ0n) is 14.9. The normalized spacial score (nSPS) is 13.5. The van der Waals surface area contributed by atoms with E-state index in [0.29, 0.717) is 24.0 Å². The van der Waals surface area contributed by atoms with Gasteiger partial charge >= 0.3 is 0 Å². The fraction of sp³-hybridized carbons (Fsp3) is 0.444. The van der Waals surface area contributed by atoms with Crippen LogP contribution in [0.15, 0.2) is 34.7 Å². The number of hydrogen-bond donors (Lipinski definition) is 0. The molecule has 8 heteroatoms. The molecule has 1 aromatic carbocycles. The highest BCUT2D eigenvalue weighted by Crippen LogP contribution is 2.35. The number of hydrogen-bond acceptors (Lipinski definition) is 6. The minimum Gasteiger partial charge on any atom is -0.338 e. The number of benzene rings is 1. The van der Waals surface area contributed by atoms with Crippen LogP contribution in [0, 0.1) is 0 Å². The zero-order valence-corrected chi connectivity index (χ0v) is 16.6. The third-order valence-electron chi connectivity index (χ3n) is 4.12. The minimum absolute atomic E-state index is 0.00343. The predicted molar refractivity (Wildman–Crippen MR) is 104 cm³/mol. The molecule has 1 heterocycles. The van der Waals surface area contributed by atoms with Crippen LogP contribution >= 0.6 is 23.1 Å². The summed E-state index contributed by atoms with van der Waals surface area (Å²) in [6.07, 6.45) is 2.04. The largest absolute Gasteiger partial charge is 0.338 e. The highest BCUT2D eigenvalue weighted by molar-refractivity contribution is 8.01. The van der Waals surface area contributed by atoms with Gasteiger partial charge in [0, 0.05) is 26.1 Å². The van der Waals surface area contributed by atoms with Crippen LogP contribution in [0.25, 0.3) is 0 Å². The van der Waals surface area contributed by atoms with Gasteiger partial charge in [0.25, 0.3) is 0 Å². The van der Waals surface area contributed by atoms with Crippen LogP contribution in [0.2, 0.25) is 0 Å². The van der Waals surface area contributed by atoms with Crippen molar-refractivity contribution in [1.29, 1.82) is 0 Å². The predicted octanol–water partition coefficient (Wildman–Crippen LogP) is 3.19. The second kappa shape index (κ2) is 8.64. The Morgan fingerprint density at radius 3 is 2.58 bits per heavy atom. The first-order valence-corrected chi connectivity index (χ1v) is 10.5. The van der Waals surface area contributed by atoms with E-state index in [0.717, 1.165) is 22.7 Å². The monoisotopic (exact) mass is 390 g/mol. The summed E-state index contributed by atoms with van der Waals surface area (Å²) in [4.78, 5) is 27.9. The smallest absolute Gasteiger partial charge is 0.233 e. The summed E-state index contributed by atoms with van der Waals surface area (Å²) in [7, 11) is 0. The van der Waals surface area contributed by atoms with Crippen molar-refractivity contribution in [2.75, 3.05) is 17.2 Å². The lowest BCUT2D eigenvalue weighted by Gasteiger charge is -2.20. The fourth-order valence-electron chi connectivity index (χ4n) is 2.63. The Labute approximate surface area is 161 Å². The number of rotatable bonds is 8. The zero-order chi connectivity index (χ0) is 18.5. The fourth-order valence-corrected chi connectivity index (χ4v) is 4.49. The van der Waals surface area contributed by atoms with Gasteiger partial charge in [0.05, 0.1) is 5.75 Å². The molecule has 0 atom stereocenters. The number of aromatic nitrogens is 2. The molecule has 6 nitrogen and oxygen atoms in total. The van der Waals surface area contributed by atoms with E-state index in [1.807, 2.05) is 42.2 Å². The van der Waals surface area contributed by atoms with Crippen LogP contribution < -0.4 is 4.90 Å². The lowest BCUT2D eigenvalue weighted by Crippen LogP contribution is -2.31. The van der Waals surface area contributed by atoms with Crippen molar-refractivity contribution in [3.05, 3.63) is 35.9 Å². The average Bonchev–Trinajstić information content (AvgIpc) is 3.36. The van der Waals surface area contributed by atoms with Crippen LogP contribution in [0.3, 0.4) is 0 Å². The molecular weight excluding hydrogens is 368 g/mol. The molecule has 0 unspecified atom stereocenters. The molecule has 138 valence electrons. The minimum atomic E-state index is -0.00343. The third-order valence-corrected chi connectivity index (χ3v) is 6.16. The maximum atomic E-state index is 12.5. The number of amides is 2. The Bertz CT molecular complexity index is 762. The molecule has 0 aliphatic heterocycles. The van der Waals surface area contributed by atoms with E-state index in [1.54, 1.807) is 11.8 Å². The van der Waals surface area contributed by atoms with Crippen molar-refractivity contribution in [3.8, 4) is 0 Å². The first-order valence-electron chi connectivity index (χ1n) is 8.66. The highest BCUT2D eigenvalue weighted by atomic mass is 32.2. The summed E-state index contributed by atoms with van der Waals surface area (Å²) in [5.74, 6) is 0.388. The van der Waals surface area contributed by atoms with Crippen LogP contribution in [-0.4, -0.2) is 45.3 Å². The number of thioether (sulfide) groups is 1. The van der Waals surface area contributed by atoms with Gasteiger partial charge in [0.2, 0.25) is 16.9 Å². The van der Waals surface area contributed by atoms with E-state index in [1.165, 1.54) is 23.1 Å². The van der Waals surface area contributed by atoms with E-state index < -0.39 is 0 Å². The second-order valence-corrected chi connectivity index (χ2v) is 8.33. The van der Waals surface area contributed by atoms with Crippen molar-refractivity contribution in [2.24, 2.45) is 0 Å². The van der Waals surface area contributed by atoms with E-state index in [-0.39, 0.29) is 17.9 Å². The Morgan fingerprint density at radius 2 is 1.96 bits per heavy atom. The molecule has 2 amide bonds. The second-order valence-electron chi connectivity index (χ2n) is 6.15. The topological polar surface area (TPSA) is 66.4 Å². The Kier molecular flexibility index (Phi) is 6.26. The third kappa shape index (κ3) is 4.82. The molecule has 1 saturated carbocycles. The van der Waals surface area contributed by atoms with E-state index in [9.17, 15) is 9.59 Å². The quantitative estimate of drug-likeness (QED) is 0.511. The molecule has 1 aliphatic rings. The van der Waals surface area contributed by atoms with Gasteiger partial charge in [-0.05, 0) is 25.3 Å². The van der Waals surface area contributed by atoms with Crippen molar-refractivity contribution in [3.63, 3.8) is 0 Å². The number of carbonyl (C=O) groups excluding carboxylic acids is 2. The van der Waals surface area contributed by atoms with E-state index in [4.69, 9.17) is 0 Å². The van der Waals surface area contributed by atoms with Crippen molar-refractivity contribution >= 4 is 40.0 Å². The summed E-state index contributed by atoms with van der Waals surface area (Å²) < 4.78 is 0.719. The Balaban J connectivity index is 1.56. The molecule has 3 rings (SSSR count). The van der Waals surface area contributed by atoms with Gasteiger partial charge in [0.15, 0.2) is 4.34 Å². The lowest BCUT2D eigenvalue weighted by atomic mass is 10.2. The molecule has 0 N–H and O–H groups in total. The van der Waals surface area contributed by atoms with Gasteiger partial charge in [-0.2, -0.15) is 0 Å². The van der Waals surface area contributed by atoms with Gasteiger partial charge in [-0.1, -0.05) is 53.4 Å². The van der Waals surface area contributed by atoms with Gasteiger partial charge in [-0.25, -0.2) is 0 Å². The molecule has 0 saturated heterocycles. The first kappa shape index (κ1) is 18.8. The summed E-state index contributed by atoms with van der Waals surface area (Å²) in [6, 6.07) is 10.2. The maximum Gasteiger partial charge on any atom is 0.233 e. The van der Waals surface area contributed by atoms with E-state index >= 15 is 0 Å². The first-order chi connectivity index (χ1) is 12.6. The van der Waals surface area contributed by atoms with Crippen LogP contribution in [0.5, 0.6) is 0 Å². The molecule has 1 aromatic heterocycles. The van der Waals surface area contributed by atoms with Gasteiger partial charge in [0.1, 0.15) is 0 Å². The molecule has 2 aromatic rings. The van der Waals surface area contributed by atoms with Gasteiger partial charge in [-0.15, -0.1) is 10.2 Å². The lowest BCUT2D eigenvalue weighted by molar-refractivity contribution is -0.128. The molecule has 1 aliphatic carbocycles. The Morgan fingerprint density at radius 1 is 1.23 bits per heavy atom. The van der Waals surface area contributed by atoms with Crippen LogP contribution in [0.4, 0.5) is 5.13 Å². The molecule has 0 spiro atoms. The van der Waals surface area contributed by atoms with Crippen LogP contribution in [0.1, 0.15) is 32.3 Å². The summed E-state index contributed by atoms with van der Waals surface area (Å²) >= 11 is 2.76. The van der Waals surface area contributed by atoms with E-state index in [2.05, 4.69) is 10.2 Å². The van der Waals surface area contributed by atoms with Crippen molar-refractivity contribution in [2.45, 2.75) is 43.6 Å². The molecule has 26 heavy (non-hydrogen) atoms. The molecule has 0 radical (unpaired) electrons. The summed E-state index contributed by atoms with van der Waals surface area (Å²) in [5.41, 5.74) is 1.12. The van der Waals surface area contributed by atoms with Gasteiger partial charge in [-0.3, -0.25) is 14.5 Å². The highest BCUT2D eigenvalue weighted by Gasteiger charge is 2.34. The SMILES string of the molecule is CCN(Cc1ccccc1)C(=O)CSc1nnc(N(C(C)=O)C2CC2)s1. The van der Waals surface area contributed by atoms with Crippen LogP contribution in [-0.2, 0) is 16.1 Å². The van der Waals surface area contributed by atoms with Gasteiger partial charge < -0.3 is 4.90 Å². The molecule has 1 fully saturated rings. The number of anilines is 1. The average molecular weight is 391 g/mol. The summed E-state index contributed by atoms with van der Waals surface area (Å²) in [6.45, 7) is 4.81. The standard InChI is InChI=1S/C18H22N4O2S2/c1-3-21(11-14-7-5-4-6-8-14)16(24)12-25-18-20-19-17(26-18)22(13(2)23)15-9-10-15/h4-8,15H,3,9-12H2,1-2H3. The Hall–Kier alpha value is -1.93. The number of nitrogens with zero attached hydrogens (tertiary/aromatic N) is 4. The summed E-state index contributed by atoms with van der Waals surface area (Å²) in [5, 5.41) is 8.91. The molecule has 0 bridgehead atoms. The molecular formula is C18H22N4O2S2. The number of carbonyl (C=O) groups is 2. The van der Waals surface area contributed by atoms with Crippen molar-refractivity contribution < 1.29 is 9.59 Å². The maximum absolute atomic E-state index is 12.5. The van der Waals surface area contributed by atoms with Crippen molar-refractivity contribution in [1.82, 2.24) is 15.1 Å².